The summed E-state index contributed by atoms with van der Waals surface area (Å²) in [4.78, 5) is 0.702. The van der Waals surface area contributed by atoms with Crippen molar-refractivity contribution in [3.8, 4) is 0 Å². The van der Waals surface area contributed by atoms with Crippen LogP contribution in [0.5, 0.6) is 0 Å². The van der Waals surface area contributed by atoms with Crippen LogP contribution in [0.25, 0.3) is 0 Å². The fraction of sp³-hybridized carbons (Fsp3) is 0.684. The van der Waals surface area contributed by atoms with E-state index in [1.54, 1.807) is 0 Å². The van der Waals surface area contributed by atoms with Gasteiger partial charge >= 0.3 is 166 Å². The SMILES string of the molecule is CC[C@@H]1[C@@H](C)[C@H](C)C[Se]1C[C@@H]1OC(c2ccccc2)OC[C@H]1OS(=O)(=O)O. The summed E-state index contributed by atoms with van der Waals surface area (Å²) in [5.41, 5.74) is 0.896. The first kappa shape index (κ1) is 21.2. The molecular weight excluding hydrogens is 435 g/mol. The normalized spacial score (nSPS) is 35.4. The van der Waals surface area contributed by atoms with Crippen molar-refractivity contribution in [2.45, 2.75) is 61.1 Å². The predicted molar refractivity (Wildman–Crippen MR) is 104 cm³/mol. The molecule has 8 heteroatoms. The zero-order chi connectivity index (χ0) is 19.6. The van der Waals surface area contributed by atoms with Crippen molar-refractivity contribution in [3.05, 3.63) is 35.9 Å². The van der Waals surface area contributed by atoms with E-state index >= 15 is 0 Å². The molecule has 0 bridgehead atoms. The molecule has 1 unspecified atom stereocenters. The molecular formula is C19H29O6SSe. The van der Waals surface area contributed by atoms with Gasteiger partial charge in [-0.15, -0.1) is 0 Å². The molecule has 6 nitrogen and oxygen atoms in total. The Labute approximate surface area is 166 Å². The van der Waals surface area contributed by atoms with E-state index < -0.39 is 42.8 Å². The van der Waals surface area contributed by atoms with Gasteiger partial charge in [0, 0.05) is 0 Å². The van der Waals surface area contributed by atoms with Crippen LogP contribution < -0.4 is 0 Å². The molecule has 2 aliphatic heterocycles. The van der Waals surface area contributed by atoms with Gasteiger partial charge in [-0.05, 0) is 0 Å². The Morgan fingerprint density at radius 1 is 1.26 bits per heavy atom. The summed E-state index contributed by atoms with van der Waals surface area (Å²) in [5.74, 6) is 1.37. The van der Waals surface area contributed by atoms with Crippen LogP contribution in [0.4, 0.5) is 0 Å². The monoisotopic (exact) mass is 465 g/mol. The molecule has 27 heavy (non-hydrogen) atoms. The summed E-state index contributed by atoms with van der Waals surface area (Å²) < 4.78 is 48.5. The van der Waals surface area contributed by atoms with Gasteiger partial charge in [0.15, 0.2) is 0 Å². The summed E-state index contributed by atoms with van der Waals surface area (Å²) in [5, 5.41) is 2.04. The van der Waals surface area contributed by atoms with Gasteiger partial charge in [-0.25, -0.2) is 0 Å². The molecule has 153 valence electrons. The Morgan fingerprint density at radius 3 is 2.59 bits per heavy atom. The third kappa shape index (κ3) is 5.32. The molecule has 1 aromatic rings. The van der Waals surface area contributed by atoms with E-state index in [4.69, 9.17) is 18.2 Å². The Kier molecular flexibility index (Phi) is 7.01. The van der Waals surface area contributed by atoms with Crippen molar-refractivity contribution in [3.63, 3.8) is 0 Å². The molecule has 1 radical (unpaired) electrons. The maximum atomic E-state index is 11.3. The molecule has 0 amide bonds. The predicted octanol–water partition coefficient (Wildman–Crippen LogP) is 3.85. The molecule has 0 aliphatic carbocycles. The van der Waals surface area contributed by atoms with E-state index in [2.05, 4.69) is 20.8 Å². The first-order valence-electron chi connectivity index (χ1n) is 9.42. The van der Waals surface area contributed by atoms with E-state index in [-0.39, 0.29) is 6.61 Å². The third-order valence-electron chi connectivity index (χ3n) is 5.61. The Balaban J connectivity index is 1.77. The molecule has 2 fully saturated rings. The van der Waals surface area contributed by atoms with Crippen LogP contribution in [0, 0.1) is 11.8 Å². The number of hydrogen-bond donors (Lipinski definition) is 1. The van der Waals surface area contributed by atoms with E-state index in [9.17, 15) is 8.42 Å². The minimum atomic E-state index is -4.56. The molecule has 0 aromatic heterocycles. The maximum absolute atomic E-state index is 11.3. The van der Waals surface area contributed by atoms with Crippen LogP contribution in [0.15, 0.2) is 30.3 Å². The first-order valence-corrected chi connectivity index (χ1v) is 14.2. The van der Waals surface area contributed by atoms with Crippen molar-refractivity contribution >= 4 is 24.3 Å². The van der Waals surface area contributed by atoms with Crippen LogP contribution in [0.2, 0.25) is 15.5 Å². The zero-order valence-corrected chi connectivity index (χ0v) is 18.5. The summed E-state index contributed by atoms with van der Waals surface area (Å²) in [6.45, 7) is 6.94. The summed E-state index contributed by atoms with van der Waals surface area (Å²) in [6.07, 6.45) is -0.610. The van der Waals surface area contributed by atoms with Crippen molar-refractivity contribution in [2.75, 3.05) is 6.61 Å². The molecule has 1 aromatic carbocycles. The van der Waals surface area contributed by atoms with Gasteiger partial charge in [0.2, 0.25) is 0 Å². The van der Waals surface area contributed by atoms with Gasteiger partial charge < -0.3 is 0 Å². The fourth-order valence-corrected chi connectivity index (χ4v) is 12.2. The van der Waals surface area contributed by atoms with Gasteiger partial charge in [0.05, 0.1) is 0 Å². The second kappa shape index (κ2) is 8.91. The molecule has 6 atom stereocenters. The number of benzene rings is 1. The van der Waals surface area contributed by atoms with E-state index in [0.717, 1.165) is 17.3 Å². The topological polar surface area (TPSA) is 82.1 Å². The van der Waals surface area contributed by atoms with Crippen LogP contribution in [0.1, 0.15) is 39.0 Å². The average Bonchev–Trinajstić information content (AvgIpc) is 2.89. The van der Waals surface area contributed by atoms with Crippen molar-refractivity contribution < 1.29 is 26.6 Å². The van der Waals surface area contributed by atoms with Crippen LogP contribution >= 0.6 is 0 Å². The van der Waals surface area contributed by atoms with Gasteiger partial charge in [0.25, 0.3) is 0 Å². The van der Waals surface area contributed by atoms with E-state index in [0.29, 0.717) is 16.7 Å². The summed E-state index contributed by atoms with van der Waals surface area (Å²) in [6, 6.07) is 9.61. The van der Waals surface area contributed by atoms with Crippen LogP contribution in [-0.4, -0.2) is 45.7 Å². The Hall–Kier alpha value is -0.471. The molecule has 0 saturated carbocycles. The molecule has 2 saturated heterocycles. The molecule has 3 rings (SSSR count). The first-order chi connectivity index (χ1) is 12.8. The second-order valence-electron chi connectivity index (χ2n) is 7.47. The Bertz CT molecular complexity index is 712. The second-order valence-corrected chi connectivity index (χ2v) is 13.4. The van der Waals surface area contributed by atoms with E-state index in [1.165, 1.54) is 5.32 Å². The minimum absolute atomic E-state index is 0.0742. The van der Waals surface area contributed by atoms with Crippen molar-refractivity contribution in [1.29, 1.82) is 0 Å². The molecule has 0 spiro atoms. The standard InChI is InChI=1S/C19H29O6SSe/c1-4-18-14(3)13(2)11-27(18)12-17-16(25-26(20,21)22)10-23-19(24-17)15-8-6-5-7-9-15/h5-9,13-14,16-19H,4,10-12H2,1-3H3,(H,20,21,22)/t13-,14+,16-,17+,18-,19?/m1/s1. The number of rotatable bonds is 6. The molecule has 2 aliphatic rings. The van der Waals surface area contributed by atoms with Crippen LogP contribution in [0.3, 0.4) is 0 Å². The number of ether oxygens (including phenoxy) is 2. The number of hydrogen-bond acceptors (Lipinski definition) is 5. The van der Waals surface area contributed by atoms with E-state index in [1.807, 2.05) is 30.3 Å². The Morgan fingerprint density at radius 2 is 1.96 bits per heavy atom. The van der Waals surface area contributed by atoms with Crippen molar-refractivity contribution in [1.82, 2.24) is 0 Å². The molecule has 1 N–H and O–H groups in total. The van der Waals surface area contributed by atoms with Gasteiger partial charge in [0.1, 0.15) is 0 Å². The summed E-state index contributed by atoms with van der Waals surface area (Å²) in [7, 11) is -4.56. The summed E-state index contributed by atoms with van der Waals surface area (Å²) >= 11 is -0.991. The quantitative estimate of drug-likeness (QED) is 0.509. The van der Waals surface area contributed by atoms with Crippen molar-refractivity contribution in [2.24, 2.45) is 11.8 Å². The average molecular weight is 464 g/mol. The molecule has 2 heterocycles. The zero-order valence-electron chi connectivity index (χ0n) is 16.0. The van der Waals surface area contributed by atoms with Gasteiger partial charge in [-0.3, -0.25) is 0 Å². The fourth-order valence-electron chi connectivity index (χ4n) is 4.05. The van der Waals surface area contributed by atoms with Gasteiger partial charge in [-0.2, -0.15) is 0 Å². The third-order valence-corrected chi connectivity index (χ3v) is 13.1. The van der Waals surface area contributed by atoms with Crippen LogP contribution in [-0.2, 0) is 24.1 Å². The van der Waals surface area contributed by atoms with Gasteiger partial charge in [-0.1, -0.05) is 0 Å².